The Morgan fingerprint density at radius 2 is 1.55 bits per heavy atom. The van der Waals surface area contributed by atoms with E-state index >= 15 is 0 Å². The molecule has 1 fully saturated rings. The highest BCUT2D eigenvalue weighted by molar-refractivity contribution is 6.33. The fourth-order valence-corrected chi connectivity index (χ4v) is 4.91. The first-order valence-corrected chi connectivity index (χ1v) is 11.2. The van der Waals surface area contributed by atoms with Gasteiger partial charge in [-0.05, 0) is 55.5 Å². The quantitative estimate of drug-likeness (QED) is 0.387. The number of hydrogen-bond acceptors (Lipinski definition) is 2. The molecule has 0 N–H and O–H groups in total. The fraction of sp³-hybridized carbons (Fsp3) is 0.320. The van der Waals surface area contributed by atoms with Crippen LogP contribution in [-0.2, 0) is 6.42 Å². The molecule has 2 aliphatic rings. The van der Waals surface area contributed by atoms with Crippen molar-refractivity contribution in [1.82, 2.24) is 4.98 Å². The maximum Gasteiger partial charge on any atom is 0.248 e. The topological polar surface area (TPSA) is 22.1 Å². The van der Waals surface area contributed by atoms with Crippen molar-refractivity contribution < 1.29 is 13.5 Å². The van der Waals surface area contributed by atoms with Crippen LogP contribution in [0.4, 0.5) is 8.78 Å². The molecule has 1 spiro atoms. The summed E-state index contributed by atoms with van der Waals surface area (Å²) in [7, 11) is 0. The second kappa shape index (κ2) is 7.75. The molecular weight excluding hydrogens is 439 g/mol. The number of benzene rings is 2. The van der Waals surface area contributed by atoms with Gasteiger partial charge < -0.3 is 4.74 Å². The largest absolute Gasteiger partial charge is 0.471 e. The van der Waals surface area contributed by atoms with Crippen molar-refractivity contribution in [1.29, 1.82) is 0 Å². The van der Waals surface area contributed by atoms with Crippen molar-refractivity contribution in [2.24, 2.45) is 0 Å². The summed E-state index contributed by atoms with van der Waals surface area (Å²) in [6.07, 6.45) is 1.90. The smallest absolute Gasteiger partial charge is 0.248 e. The predicted molar refractivity (Wildman–Crippen MR) is 120 cm³/mol. The number of fused-ring (bicyclic) bond motifs is 1. The first-order chi connectivity index (χ1) is 14.8. The summed E-state index contributed by atoms with van der Waals surface area (Å²) in [4.78, 5) is 4.90. The summed E-state index contributed by atoms with van der Waals surface area (Å²) in [5.41, 5.74) is 3.87. The molecule has 1 aromatic heterocycles. The van der Waals surface area contributed by atoms with Gasteiger partial charge in [0.25, 0.3) is 0 Å². The number of pyridine rings is 1. The number of halogens is 4. The Bertz CT molecular complexity index is 1120. The molecule has 0 atom stereocenters. The van der Waals surface area contributed by atoms with E-state index in [0.29, 0.717) is 34.5 Å². The second-order valence-electron chi connectivity index (χ2n) is 8.48. The number of alkyl halides is 2. The van der Waals surface area contributed by atoms with Gasteiger partial charge in [0.15, 0.2) is 0 Å². The van der Waals surface area contributed by atoms with Gasteiger partial charge in [0, 0.05) is 39.6 Å². The Kier molecular flexibility index (Phi) is 5.18. The second-order valence-corrected chi connectivity index (χ2v) is 9.32. The molecule has 31 heavy (non-hydrogen) atoms. The van der Waals surface area contributed by atoms with Gasteiger partial charge >= 0.3 is 0 Å². The first kappa shape index (κ1) is 20.7. The van der Waals surface area contributed by atoms with Crippen molar-refractivity contribution in [3.63, 3.8) is 0 Å². The molecule has 2 heterocycles. The summed E-state index contributed by atoms with van der Waals surface area (Å²) in [6.45, 7) is 0. The number of nitrogens with zero attached hydrogens (tertiary/aromatic N) is 1. The summed E-state index contributed by atoms with van der Waals surface area (Å²) in [5.74, 6) is -2.06. The minimum Gasteiger partial charge on any atom is -0.471 e. The van der Waals surface area contributed by atoms with Crippen molar-refractivity contribution in [2.45, 2.75) is 50.0 Å². The van der Waals surface area contributed by atoms with Gasteiger partial charge in [-0.25, -0.2) is 13.8 Å². The lowest BCUT2D eigenvalue weighted by molar-refractivity contribution is -0.100. The summed E-state index contributed by atoms with van der Waals surface area (Å²) in [5, 5.41) is 1.25. The first-order valence-electron chi connectivity index (χ1n) is 10.5. The van der Waals surface area contributed by atoms with Gasteiger partial charge in [-0.2, -0.15) is 0 Å². The van der Waals surface area contributed by atoms with Gasteiger partial charge in [-0.15, -0.1) is 0 Å². The van der Waals surface area contributed by atoms with Crippen molar-refractivity contribution in [3.8, 4) is 28.3 Å². The molecule has 2 aromatic carbocycles. The number of rotatable bonds is 2. The zero-order valence-corrected chi connectivity index (χ0v) is 18.3. The van der Waals surface area contributed by atoms with E-state index < -0.39 is 11.5 Å². The molecule has 0 radical (unpaired) electrons. The van der Waals surface area contributed by atoms with Crippen LogP contribution in [0.1, 0.15) is 37.7 Å². The van der Waals surface area contributed by atoms with Crippen LogP contribution in [0.25, 0.3) is 22.4 Å². The molecule has 5 rings (SSSR count). The number of hydrogen-bond donors (Lipinski definition) is 0. The Morgan fingerprint density at radius 3 is 2.26 bits per heavy atom. The highest BCUT2D eigenvalue weighted by Crippen LogP contribution is 2.47. The van der Waals surface area contributed by atoms with Crippen LogP contribution in [0.5, 0.6) is 5.88 Å². The SMILES string of the molecule is FC1(F)CCC2(CCc3cc(-c4ccc(Cl)cc4)c(-c4ccccc4Cl)nc3O2)CC1. The van der Waals surface area contributed by atoms with Gasteiger partial charge in [0.2, 0.25) is 11.8 Å². The molecule has 1 aliphatic carbocycles. The Morgan fingerprint density at radius 1 is 0.839 bits per heavy atom. The van der Waals surface area contributed by atoms with Gasteiger partial charge in [0.05, 0.1) is 5.69 Å². The van der Waals surface area contributed by atoms with E-state index in [9.17, 15) is 8.78 Å². The van der Waals surface area contributed by atoms with E-state index in [2.05, 4.69) is 6.07 Å². The minimum absolute atomic E-state index is 0.136. The van der Waals surface area contributed by atoms with Crippen molar-refractivity contribution in [3.05, 3.63) is 70.2 Å². The minimum atomic E-state index is -2.59. The van der Waals surface area contributed by atoms with E-state index in [1.165, 1.54) is 0 Å². The van der Waals surface area contributed by atoms with E-state index in [4.69, 9.17) is 32.9 Å². The molecule has 160 valence electrons. The third-order valence-electron chi connectivity index (χ3n) is 6.40. The molecule has 6 heteroatoms. The lowest BCUT2D eigenvalue weighted by Crippen LogP contribution is -2.45. The highest BCUT2D eigenvalue weighted by Gasteiger charge is 2.46. The Hall–Kier alpha value is -2.17. The predicted octanol–water partition coefficient (Wildman–Crippen LogP) is 8.00. The monoisotopic (exact) mass is 459 g/mol. The molecule has 1 saturated carbocycles. The third kappa shape index (κ3) is 4.04. The van der Waals surface area contributed by atoms with Crippen LogP contribution >= 0.6 is 23.2 Å². The number of ether oxygens (including phenoxy) is 1. The van der Waals surface area contributed by atoms with Crippen LogP contribution in [0.15, 0.2) is 54.6 Å². The van der Waals surface area contributed by atoms with Crippen LogP contribution in [0, 0.1) is 0 Å². The average Bonchev–Trinajstić information content (AvgIpc) is 2.76. The Balaban J connectivity index is 1.60. The van der Waals surface area contributed by atoms with E-state index in [1.54, 1.807) is 0 Å². The van der Waals surface area contributed by atoms with Crippen LogP contribution < -0.4 is 4.74 Å². The molecule has 0 bridgehead atoms. The third-order valence-corrected chi connectivity index (χ3v) is 6.98. The molecular formula is C25H21Cl2F2NO. The van der Waals surface area contributed by atoms with E-state index in [1.807, 2.05) is 48.5 Å². The van der Waals surface area contributed by atoms with Crippen LogP contribution in [0.3, 0.4) is 0 Å². The standard InChI is InChI=1S/C25H21Cl2F2NO/c26-18-7-5-16(6-8-18)20-15-17-9-10-24(11-13-25(28,29)14-12-24)31-23(17)30-22(20)19-3-1-2-4-21(19)27/h1-8,15H,9-14H2. The van der Waals surface area contributed by atoms with Crippen LogP contribution in [-0.4, -0.2) is 16.5 Å². The number of aryl methyl sites for hydroxylation is 1. The summed E-state index contributed by atoms with van der Waals surface area (Å²) >= 11 is 12.6. The molecule has 0 amide bonds. The fourth-order valence-electron chi connectivity index (χ4n) is 4.56. The molecule has 1 aliphatic heterocycles. The maximum atomic E-state index is 13.7. The van der Waals surface area contributed by atoms with Gasteiger partial charge in [0.1, 0.15) is 5.60 Å². The van der Waals surface area contributed by atoms with Gasteiger partial charge in [-0.1, -0.05) is 53.5 Å². The molecule has 0 unspecified atom stereocenters. The molecule has 0 saturated heterocycles. The lowest BCUT2D eigenvalue weighted by Gasteiger charge is -2.43. The average molecular weight is 460 g/mol. The number of aromatic nitrogens is 1. The summed E-state index contributed by atoms with van der Waals surface area (Å²) in [6, 6.07) is 17.3. The maximum absolute atomic E-state index is 13.7. The highest BCUT2D eigenvalue weighted by atomic mass is 35.5. The van der Waals surface area contributed by atoms with E-state index in [0.717, 1.165) is 35.1 Å². The Labute approximate surface area is 190 Å². The van der Waals surface area contributed by atoms with E-state index in [-0.39, 0.29) is 12.8 Å². The molecule has 2 nitrogen and oxygen atoms in total. The normalized spacial score (nSPS) is 19.0. The zero-order chi connectivity index (χ0) is 21.6. The van der Waals surface area contributed by atoms with Crippen molar-refractivity contribution in [2.75, 3.05) is 0 Å². The molecule has 3 aromatic rings. The van der Waals surface area contributed by atoms with Gasteiger partial charge in [-0.3, -0.25) is 0 Å². The van der Waals surface area contributed by atoms with Crippen LogP contribution in [0.2, 0.25) is 10.0 Å². The summed E-state index contributed by atoms with van der Waals surface area (Å²) < 4.78 is 33.8. The lowest BCUT2D eigenvalue weighted by atomic mass is 9.77. The van der Waals surface area contributed by atoms with Crippen molar-refractivity contribution >= 4 is 23.2 Å². The zero-order valence-electron chi connectivity index (χ0n) is 16.8.